The maximum Gasteiger partial charge on any atom is 0.232 e. The van der Waals surface area contributed by atoms with Gasteiger partial charge in [-0.1, -0.05) is 0 Å². The van der Waals surface area contributed by atoms with Gasteiger partial charge in [0.25, 0.3) is 0 Å². The highest BCUT2D eigenvalue weighted by molar-refractivity contribution is 5.45. The van der Waals surface area contributed by atoms with E-state index in [9.17, 15) is 5.11 Å². The van der Waals surface area contributed by atoms with Gasteiger partial charge < -0.3 is 20.2 Å². The van der Waals surface area contributed by atoms with Crippen LogP contribution >= 0.6 is 0 Å². The summed E-state index contributed by atoms with van der Waals surface area (Å²) in [6.45, 7) is 8.22. The van der Waals surface area contributed by atoms with Crippen molar-refractivity contribution in [1.82, 2.24) is 15.0 Å². The van der Waals surface area contributed by atoms with Gasteiger partial charge in [-0.15, -0.1) is 0 Å². The zero-order valence-corrected chi connectivity index (χ0v) is 13.0. The third-order valence-electron chi connectivity index (χ3n) is 3.62. The maximum atomic E-state index is 9.18. The van der Waals surface area contributed by atoms with Crippen molar-refractivity contribution in [3.8, 4) is 0 Å². The fourth-order valence-corrected chi connectivity index (χ4v) is 2.49. The molecule has 2 heterocycles. The van der Waals surface area contributed by atoms with E-state index in [0.29, 0.717) is 18.4 Å². The Kier molecular flexibility index (Phi) is 5.98. The fourth-order valence-electron chi connectivity index (χ4n) is 2.49. The molecule has 1 aromatic rings. The molecular weight excluding hydrogens is 268 g/mol. The summed E-state index contributed by atoms with van der Waals surface area (Å²) in [4.78, 5) is 17.8. The predicted octanol–water partition coefficient (Wildman–Crippen LogP) is 1.11. The summed E-state index contributed by atoms with van der Waals surface area (Å²) >= 11 is 0. The van der Waals surface area contributed by atoms with Crippen molar-refractivity contribution in [3.63, 3.8) is 0 Å². The molecule has 0 amide bonds. The summed E-state index contributed by atoms with van der Waals surface area (Å²) in [6, 6.07) is 0. The van der Waals surface area contributed by atoms with Crippen LogP contribution in [0.2, 0.25) is 0 Å². The lowest BCUT2D eigenvalue weighted by molar-refractivity contribution is 0.301. The first kappa shape index (κ1) is 15.8. The molecule has 2 N–H and O–H groups in total. The first-order valence-corrected chi connectivity index (χ1v) is 7.89. The number of hydrogen-bond donors (Lipinski definition) is 2. The maximum absolute atomic E-state index is 9.18. The Bertz CT molecular complexity index is 412. The van der Waals surface area contributed by atoms with Gasteiger partial charge >= 0.3 is 0 Å². The molecule has 1 saturated heterocycles. The van der Waals surface area contributed by atoms with E-state index in [1.165, 1.54) is 19.3 Å². The van der Waals surface area contributed by atoms with Gasteiger partial charge in [0.2, 0.25) is 17.8 Å². The predicted molar refractivity (Wildman–Crippen MR) is 85.0 cm³/mol. The Labute approximate surface area is 126 Å². The summed E-state index contributed by atoms with van der Waals surface area (Å²) in [5.74, 6) is 1.99. The lowest BCUT2D eigenvalue weighted by Gasteiger charge is -2.28. The van der Waals surface area contributed by atoms with Crippen LogP contribution in [-0.4, -0.2) is 59.4 Å². The third kappa shape index (κ3) is 4.17. The van der Waals surface area contributed by atoms with Gasteiger partial charge in [-0.05, 0) is 33.1 Å². The van der Waals surface area contributed by atoms with Gasteiger partial charge in [-0.25, -0.2) is 0 Å². The second-order valence-corrected chi connectivity index (χ2v) is 5.14. The number of nitrogens with zero attached hydrogens (tertiary/aromatic N) is 5. The molecule has 0 atom stereocenters. The number of aliphatic hydroxyl groups excluding tert-OH is 1. The SMILES string of the molecule is CCNc1nc(N(CC)CCO)nc(N2CCCCC2)n1. The molecule has 2 rings (SSSR count). The van der Waals surface area contributed by atoms with Crippen LogP contribution in [0, 0.1) is 0 Å². The largest absolute Gasteiger partial charge is 0.395 e. The van der Waals surface area contributed by atoms with E-state index >= 15 is 0 Å². The zero-order valence-electron chi connectivity index (χ0n) is 13.0. The van der Waals surface area contributed by atoms with E-state index in [1.807, 2.05) is 18.7 Å². The van der Waals surface area contributed by atoms with Crippen molar-refractivity contribution in [2.45, 2.75) is 33.1 Å². The van der Waals surface area contributed by atoms with Crippen molar-refractivity contribution < 1.29 is 5.11 Å². The van der Waals surface area contributed by atoms with Crippen LogP contribution < -0.4 is 15.1 Å². The molecule has 0 bridgehead atoms. The number of rotatable bonds is 7. The summed E-state index contributed by atoms with van der Waals surface area (Å²) in [5, 5.41) is 12.4. The molecule has 1 aliphatic rings. The molecule has 1 fully saturated rings. The standard InChI is InChI=1S/C14H26N6O/c1-3-15-12-16-13(19(4-2)10-11-21)18-14(17-12)20-8-6-5-7-9-20/h21H,3-11H2,1-2H3,(H,15,16,17,18). The van der Waals surface area contributed by atoms with E-state index in [-0.39, 0.29) is 6.61 Å². The summed E-state index contributed by atoms with van der Waals surface area (Å²) in [6.07, 6.45) is 3.65. The van der Waals surface area contributed by atoms with Crippen LogP contribution in [0.5, 0.6) is 0 Å². The second-order valence-electron chi connectivity index (χ2n) is 5.14. The summed E-state index contributed by atoms with van der Waals surface area (Å²) in [5.41, 5.74) is 0. The molecule has 0 aliphatic carbocycles. The van der Waals surface area contributed by atoms with Gasteiger partial charge in [0.1, 0.15) is 0 Å². The van der Waals surface area contributed by atoms with Crippen LogP contribution in [0.15, 0.2) is 0 Å². The average Bonchev–Trinajstić information content (AvgIpc) is 2.53. The van der Waals surface area contributed by atoms with Gasteiger partial charge in [-0.3, -0.25) is 0 Å². The molecule has 0 saturated carbocycles. The summed E-state index contributed by atoms with van der Waals surface area (Å²) in [7, 11) is 0. The van der Waals surface area contributed by atoms with Crippen molar-refractivity contribution in [1.29, 1.82) is 0 Å². The number of hydrogen-bond acceptors (Lipinski definition) is 7. The highest BCUT2D eigenvalue weighted by Gasteiger charge is 2.18. The normalized spacial score (nSPS) is 15.1. The number of aliphatic hydroxyl groups is 1. The van der Waals surface area contributed by atoms with Crippen LogP contribution in [0.1, 0.15) is 33.1 Å². The molecule has 0 aromatic carbocycles. The molecule has 1 aliphatic heterocycles. The van der Waals surface area contributed by atoms with E-state index in [1.54, 1.807) is 0 Å². The van der Waals surface area contributed by atoms with Crippen LogP contribution in [0.3, 0.4) is 0 Å². The minimum Gasteiger partial charge on any atom is -0.395 e. The van der Waals surface area contributed by atoms with Crippen LogP contribution in [0.25, 0.3) is 0 Å². The second kappa shape index (κ2) is 7.97. The molecule has 0 spiro atoms. The Morgan fingerprint density at radius 2 is 1.90 bits per heavy atom. The Balaban J connectivity index is 2.28. The topological polar surface area (TPSA) is 77.4 Å². The molecule has 1 aromatic heterocycles. The molecule has 0 radical (unpaired) electrons. The van der Waals surface area contributed by atoms with Gasteiger partial charge in [0.05, 0.1) is 6.61 Å². The number of aromatic nitrogens is 3. The Morgan fingerprint density at radius 3 is 2.52 bits per heavy atom. The van der Waals surface area contributed by atoms with Crippen molar-refractivity contribution in [2.75, 3.05) is 54.4 Å². The lowest BCUT2D eigenvalue weighted by Crippen LogP contribution is -2.33. The number of likely N-dealkylation sites (N-methyl/N-ethyl adjacent to an activating group) is 1. The third-order valence-corrected chi connectivity index (χ3v) is 3.62. The fraction of sp³-hybridized carbons (Fsp3) is 0.786. The first-order chi connectivity index (χ1) is 10.3. The quantitative estimate of drug-likeness (QED) is 0.780. The average molecular weight is 294 g/mol. The molecule has 118 valence electrons. The van der Waals surface area contributed by atoms with Gasteiger partial charge in [-0.2, -0.15) is 15.0 Å². The highest BCUT2D eigenvalue weighted by Crippen LogP contribution is 2.20. The molecule has 0 unspecified atom stereocenters. The lowest BCUT2D eigenvalue weighted by atomic mass is 10.1. The minimum atomic E-state index is 0.0924. The van der Waals surface area contributed by atoms with E-state index < -0.39 is 0 Å². The van der Waals surface area contributed by atoms with E-state index in [0.717, 1.165) is 32.1 Å². The smallest absolute Gasteiger partial charge is 0.232 e. The van der Waals surface area contributed by atoms with Crippen molar-refractivity contribution in [2.24, 2.45) is 0 Å². The van der Waals surface area contributed by atoms with E-state index in [4.69, 9.17) is 0 Å². The monoisotopic (exact) mass is 294 g/mol. The van der Waals surface area contributed by atoms with Gasteiger partial charge in [0, 0.05) is 32.7 Å². The minimum absolute atomic E-state index is 0.0924. The molecule has 7 heteroatoms. The molecule has 7 nitrogen and oxygen atoms in total. The van der Waals surface area contributed by atoms with Gasteiger partial charge in [0.15, 0.2) is 0 Å². The molecule has 21 heavy (non-hydrogen) atoms. The van der Waals surface area contributed by atoms with Crippen LogP contribution in [0.4, 0.5) is 17.8 Å². The number of anilines is 3. The Hall–Kier alpha value is -1.63. The molecular formula is C14H26N6O. The van der Waals surface area contributed by atoms with Crippen LogP contribution in [-0.2, 0) is 0 Å². The van der Waals surface area contributed by atoms with Crippen molar-refractivity contribution in [3.05, 3.63) is 0 Å². The number of nitrogens with one attached hydrogen (secondary N) is 1. The summed E-state index contributed by atoms with van der Waals surface area (Å²) < 4.78 is 0. The van der Waals surface area contributed by atoms with Crippen molar-refractivity contribution >= 4 is 17.8 Å². The zero-order chi connectivity index (χ0) is 15.1. The first-order valence-electron chi connectivity index (χ1n) is 7.89. The number of piperidine rings is 1. The Morgan fingerprint density at radius 1 is 1.14 bits per heavy atom. The highest BCUT2D eigenvalue weighted by atomic mass is 16.3. The van der Waals surface area contributed by atoms with E-state index in [2.05, 4.69) is 25.2 Å².